The third kappa shape index (κ3) is 2.28. The van der Waals surface area contributed by atoms with Crippen molar-refractivity contribution in [3.05, 3.63) is 48.0 Å². The smallest absolute Gasteiger partial charge is 0.151 e. The second-order valence-electron chi connectivity index (χ2n) is 3.47. The molecule has 1 N–H and O–H groups in total. The zero-order valence-corrected chi connectivity index (χ0v) is 9.05. The summed E-state index contributed by atoms with van der Waals surface area (Å²) in [6, 6.07) is 5.63. The van der Waals surface area contributed by atoms with Crippen LogP contribution in [0.15, 0.2) is 36.8 Å². The van der Waals surface area contributed by atoms with Crippen LogP contribution < -0.4 is 5.43 Å². The van der Waals surface area contributed by atoms with Crippen LogP contribution in [0.2, 0.25) is 0 Å². The van der Waals surface area contributed by atoms with E-state index in [0.717, 1.165) is 24.1 Å². The molecule has 0 radical (unpaired) electrons. The summed E-state index contributed by atoms with van der Waals surface area (Å²) in [5.41, 5.74) is 5.79. The van der Waals surface area contributed by atoms with E-state index >= 15 is 0 Å². The van der Waals surface area contributed by atoms with Gasteiger partial charge in [0.05, 0.1) is 5.69 Å². The van der Waals surface area contributed by atoms with Crippen LogP contribution >= 0.6 is 0 Å². The lowest BCUT2D eigenvalue weighted by Crippen LogP contribution is -2.06. The first-order chi connectivity index (χ1) is 7.81. The Bertz CT molecular complexity index is 491. The van der Waals surface area contributed by atoms with E-state index in [0.29, 0.717) is 5.56 Å². The minimum absolute atomic E-state index is 0.650. The van der Waals surface area contributed by atoms with Gasteiger partial charge >= 0.3 is 0 Å². The van der Waals surface area contributed by atoms with Crippen LogP contribution in [0.3, 0.4) is 0 Å². The lowest BCUT2D eigenvalue weighted by molar-refractivity contribution is 0.112. The predicted octanol–water partition coefficient (Wildman–Crippen LogP) is 2.13. The van der Waals surface area contributed by atoms with Crippen LogP contribution in [0, 0.1) is 0 Å². The maximum absolute atomic E-state index is 10.5. The van der Waals surface area contributed by atoms with Crippen molar-refractivity contribution in [3.63, 3.8) is 0 Å². The number of nitrogens with zero attached hydrogens (tertiary/aromatic N) is 2. The maximum atomic E-state index is 10.5. The molecule has 2 rings (SSSR count). The van der Waals surface area contributed by atoms with E-state index in [4.69, 9.17) is 0 Å². The summed E-state index contributed by atoms with van der Waals surface area (Å²) < 4.78 is 1.75. The Kier molecular flexibility index (Phi) is 3.00. The number of carbonyl (C=O) groups is 1. The number of aldehydes is 1. The number of anilines is 1. The molecule has 0 aliphatic rings. The van der Waals surface area contributed by atoms with Gasteiger partial charge in [-0.1, -0.05) is 6.92 Å². The molecule has 0 atom stereocenters. The van der Waals surface area contributed by atoms with Crippen LogP contribution in [0.25, 0.3) is 0 Å². The third-order valence-corrected chi connectivity index (χ3v) is 2.29. The number of aromatic nitrogens is 2. The average molecular weight is 215 g/mol. The zero-order valence-electron chi connectivity index (χ0n) is 9.05. The van der Waals surface area contributed by atoms with Gasteiger partial charge in [-0.2, -0.15) is 0 Å². The van der Waals surface area contributed by atoms with Crippen molar-refractivity contribution in [2.75, 3.05) is 5.43 Å². The highest BCUT2D eigenvalue weighted by Gasteiger charge is 1.97. The minimum atomic E-state index is 0.650. The molecule has 2 aromatic heterocycles. The van der Waals surface area contributed by atoms with Gasteiger partial charge in [-0.05, 0) is 24.6 Å². The molecule has 0 aromatic carbocycles. The van der Waals surface area contributed by atoms with Gasteiger partial charge in [-0.15, -0.1) is 0 Å². The number of rotatable bonds is 4. The molecular weight excluding hydrogens is 202 g/mol. The molecule has 2 heterocycles. The molecule has 0 aliphatic carbocycles. The molecular formula is C12H13N3O. The molecule has 82 valence electrons. The first-order valence-electron chi connectivity index (χ1n) is 5.17. The van der Waals surface area contributed by atoms with Crippen molar-refractivity contribution in [2.24, 2.45) is 0 Å². The Labute approximate surface area is 93.9 Å². The van der Waals surface area contributed by atoms with Crippen molar-refractivity contribution < 1.29 is 4.79 Å². The van der Waals surface area contributed by atoms with Crippen molar-refractivity contribution in [1.29, 1.82) is 0 Å². The van der Waals surface area contributed by atoms with Crippen LogP contribution in [0.4, 0.5) is 5.69 Å². The molecule has 0 unspecified atom stereocenters. The Balaban J connectivity index is 2.16. The highest BCUT2D eigenvalue weighted by molar-refractivity contribution is 5.74. The van der Waals surface area contributed by atoms with Crippen molar-refractivity contribution in [1.82, 2.24) is 9.66 Å². The molecule has 4 nitrogen and oxygen atoms in total. The molecule has 16 heavy (non-hydrogen) atoms. The SMILES string of the molecule is CCc1cc(Nn2ccc(C=O)c2)ccn1. The average Bonchev–Trinajstić information content (AvgIpc) is 2.77. The molecule has 2 aromatic rings. The third-order valence-electron chi connectivity index (χ3n) is 2.29. The fraction of sp³-hybridized carbons (Fsp3) is 0.167. The van der Waals surface area contributed by atoms with Gasteiger partial charge < -0.3 is 0 Å². The minimum Gasteiger partial charge on any atom is -0.298 e. The van der Waals surface area contributed by atoms with E-state index < -0.39 is 0 Å². The maximum Gasteiger partial charge on any atom is 0.151 e. The van der Waals surface area contributed by atoms with Crippen molar-refractivity contribution in [2.45, 2.75) is 13.3 Å². The van der Waals surface area contributed by atoms with Gasteiger partial charge in [-0.25, -0.2) is 0 Å². The summed E-state index contributed by atoms with van der Waals surface area (Å²) in [4.78, 5) is 14.7. The van der Waals surface area contributed by atoms with E-state index in [1.807, 2.05) is 12.1 Å². The molecule has 0 saturated heterocycles. The van der Waals surface area contributed by atoms with Crippen LogP contribution in [-0.4, -0.2) is 15.9 Å². The number of pyridine rings is 1. The summed E-state index contributed by atoms with van der Waals surface area (Å²) in [5.74, 6) is 0. The Hall–Kier alpha value is -2.10. The summed E-state index contributed by atoms with van der Waals surface area (Å²) in [6.45, 7) is 2.06. The zero-order chi connectivity index (χ0) is 11.4. The largest absolute Gasteiger partial charge is 0.298 e. The molecule has 0 fully saturated rings. The van der Waals surface area contributed by atoms with Gasteiger partial charge in [0, 0.05) is 29.8 Å². The number of hydrogen-bond donors (Lipinski definition) is 1. The summed E-state index contributed by atoms with van der Waals surface area (Å²) in [6.07, 6.45) is 7.03. The highest BCUT2D eigenvalue weighted by Crippen LogP contribution is 2.09. The second kappa shape index (κ2) is 4.61. The monoisotopic (exact) mass is 215 g/mol. The van der Waals surface area contributed by atoms with Gasteiger partial charge in [0.15, 0.2) is 6.29 Å². The first kappa shape index (κ1) is 10.4. The molecule has 0 aliphatic heterocycles. The fourth-order valence-electron chi connectivity index (χ4n) is 1.44. The second-order valence-corrected chi connectivity index (χ2v) is 3.47. The van der Waals surface area contributed by atoms with E-state index in [1.54, 1.807) is 29.3 Å². The standard InChI is InChI=1S/C12H13N3O/c1-2-11-7-12(3-5-13-11)14-15-6-4-10(8-15)9-16/h3-9H,2H2,1H3,(H,13,14). The Morgan fingerprint density at radius 1 is 1.50 bits per heavy atom. The van der Waals surface area contributed by atoms with Gasteiger partial charge in [0.2, 0.25) is 0 Å². The molecule has 0 bridgehead atoms. The molecule has 0 amide bonds. The number of hydrogen-bond acceptors (Lipinski definition) is 3. The first-order valence-corrected chi connectivity index (χ1v) is 5.17. The Morgan fingerprint density at radius 3 is 3.06 bits per heavy atom. The molecule has 0 spiro atoms. The quantitative estimate of drug-likeness (QED) is 0.795. The van der Waals surface area contributed by atoms with Crippen LogP contribution in [-0.2, 0) is 6.42 Å². The van der Waals surface area contributed by atoms with Crippen molar-refractivity contribution in [3.8, 4) is 0 Å². The number of carbonyl (C=O) groups excluding carboxylic acids is 1. The Morgan fingerprint density at radius 2 is 2.38 bits per heavy atom. The van der Waals surface area contributed by atoms with E-state index in [-0.39, 0.29) is 0 Å². The van der Waals surface area contributed by atoms with Gasteiger partial charge in [0.1, 0.15) is 0 Å². The van der Waals surface area contributed by atoms with Crippen LogP contribution in [0.1, 0.15) is 23.0 Å². The lowest BCUT2D eigenvalue weighted by atomic mass is 10.3. The normalized spacial score (nSPS) is 10.1. The molecule has 4 heteroatoms. The predicted molar refractivity (Wildman–Crippen MR) is 62.5 cm³/mol. The number of nitrogens with one attached hydrogen (secondary N) is 1. The van der Waals surface area contributed by atoms with E-state index in [1.165, 1.54) is 0 Å². The van der Waals surface area contributed by atoms with Gasteiger partial charge in [0.25, 0.3) is 0 Å². The fourth-order valence-corrected chi connectivity index (χ4v) is 1.44. The van der Waals surface area contributed by atoms with E-state index in [9.17, 15) is 4.79 Å². The highest BCUT2D eigenvalue weighted by atomic mass is 16.1. The number of aryl methyl sites for hydroxylation is 1. The van der Waals surface area contributed by atoms with E-state index in [2.05, 4.69) is 17.3 Å². The van der Waals surface area contributed by atoms with Crippen LogP contribution in [0.5, 0.6) is 0 Å². The lowest BCUT2D eigenvalue weighted by Gasteiger charge is -2.07. The van der Waals surface area contributed by atoms with Gasteiger partial charge in [-0.3, -0.25) is 19.9 Å². The molecule has 0 saturated carbocycles. The van der Waals surface area contributed by atoms with Crippen molar-refractivity contribution >= 4 is 12.0 Å². The summed E-state index contributed by atoms with van der Waals surface area (Å²) >= 11 is 0. The summed E-state index contributed by atoms with van der Waals surface area (Å²) in [7, 11) is 0. The topological polar surface area (TPSA) is 46.9 Å². The summed E-state index contributed by atoms with van der Waals surface area (Å²) in [5, 5.41) is 0.